The van der Waals surface area contributed by atoms with Crippen molar-refractivity contribution in [2.45, 2.75) is 32.0 Å². The SMILES string of the molecule is CC(C)O[SiH2]CC[SiH2]OCCO. The fourth-order valence-electron chi connectivity index (χ4n) is 0.792. The summed E-state index contributed by atoms with van der Waals surface area (Å²) in [7, 11) is -0.628. The first-order valence-corrected chi connectivity index (χ1v) is 7.73. The second kappa shape index (κ2) is 9.40. The van der Waals surface area contributed by atoms with Crippen LogP contribution in [0.2, 0.25) is 12.1 Å². The Bertz CT molecular complexity index is 90.7. The van der Waals surface area contributed by atoms with Crippen molar-refractivity contribution in [2.24, 2.45) is 0 Å². The molecule has 0 aliphatic heterocycles. The highest BCUT2D eigenvalue weighted by Gasteiger charge is 1.94. The maximum atomic E-state index is 8.42. The third-order valence-electron chi connectivity index (χ3n) is 1.37. The molecule has 3 nitrogen and oxygen atoms in total. The molecule has 0 rings (SSSR count). The van der Waals surface area contributed by atoms with Crippen LogP contribution in [0.1, 0.15) is 13.8 Å². The molecule has 0 aromatic heterocycles. The van der Waals surface area contributed by atoms with Crippen molar-refractivity contribution in [1.29, 1.82) is 0 Å². The van der Waals surface area contributed by atoms with Gasteiger partial charge in [-0.25, -0.2) is 0 Å². The van der Waals surface area contributed by atoms with Crippen LogP contribution in [-0.4, -0.2) is 44.0 Å². The van der Waals surface area contributed by atoms with Gasteiger partial charge in [-0.2, -0.15) is 0 Å². The van der Waals surface area contributed by atoms with Crippen LogP contribution < -0.4 is 0 Å². The molecule has 0 aromatic carbocycles. The summed E-state index contributed by atoms with van der Waals surface area (Å²) in [6.45, 7) is 4.84. The fraction of sp³-hybridized carbons (Fsp3) is 1.00. The molecule has 0 heterocycles. The summed E-state index contributed by atoms with van der Waals surface area (Å²) in [4.78, 5) is 0. The molecule has 74 valence electrons. The molecule has 0 spiro atoms. The minimum Gasteiger partial charge on any atom is -0.422 e. The van der Waals surface area contributed by atoms with Crippen molar-refractivity contribution in [3.63, 3.8) is 0 Å². The number of aliphatic hydroxyl groups is 1. The molecular weight excluding hydrogens is 188 g/mol. The van der Waals surface area contributed by atoms with E-state index in [4.69, 9.17) is 14.0 Å². The Kier molecular flexibility index (Phi) is 9.65. The van der Waals surface area contributed by atoms with Crippen LogP contribution in [0, 0.1) is 0 Å². The Balaban J connectivity index is 2.82. The van der Waals surface area contributed by atoms with Gasteiger partial charge < -0.3 is 14.0 Å². The van der Waals surface area contributed by atoms with Gasteiger partial charge in [0.15, 0.2) is 19.5 Å². The molecule has 0 aliphatic carbocycles. The normalized spacial score (nSPS) is 13.0. The van der Waals surface area contributed by atoms with Gasteiger partial charge in [-0.3, -0.25) is 0 Å². The maximum Gasteiger partial charge on any atom is 0.161 e. The summed E-state index contributed by atoms with van der Waals surface area (Å²) in [5.41, 5.74) is 0. The van der Waals surface area contributed by atoms with Crippen molar-refractivity contribution in [2.75, 3.05) is 13.2 Å². The van der Waals surface area contributed by atoms with E-state index >= 15 is 0 Å². The topological polar surface area (TPSA) is 38.7 Å². The Morgan fingerprint density at radius 3 is 2.50 bits per heavy atom. The Morgan fingerprint density at radius 2 is 1.92 bits per heavy atom. The quantitative estimate of drug-likeness (QED) is 0.429. The van der Waals surface area contributed by atoms with Gasteiger partial charge in [0.2, 0.25) is 0 Å². The average Bonchev–Trinajstić information content (AvgIpc) is 2.02. The van der Waals surface area contributed by atoms with Crippen LogP contribution in [0.15, 0.2) is 0 Å². The lowest BCUT2D eigenvalue weighted by atomic mass is 10.5. The molecule has 0 unspecified atom stereocenters. The number of hydrogen-bond acceptors (Lipinski definition) is 3. The molecule has 0 fully saturated rings. The van der Waals surface area contributed by atoms with E-state index in [0.29, 0.717) is 12.7 Å². The fourth-order valence-corrected chi connectivity index (χ4v) is 3.60. The number of aliphatic hydroxyl groups excluding tert-OH is 1. The van der Waals surface area contributed by atoms with Crippen LogP contribution in [0.4, 0.5) is 0 Å². The van der Waals surface area contributed by atoms with E-state index in [1.165, 1.54) is 12.1 Å². The molecule has 12 heavy (non-hydrogen) atoms. The summed E-state index contributed by atoms with van der Waals surface area (Å²) in [5.74, 6) is 0. The monoisotopic (exact) mass is 208 g/mol. The van der Waals surface area contributed by atoms with Gasteiger partial charge in [-0.1, -0.05) is 0 Å². The van der Waals surface area contributed by atoms with Gasteiger partial charge in [0.05, 0.1) is 13.2 Å². The summed E-state index contributed by atoms with van der Waals surface area (Å²) in [6, 6.07) is 2.44. The molecule has 0 aliphatic rings. The van der Waals surface area contributed by atoms with E-state index in [0.717, 1.165) is 0 Å². The highest BCUT2D eigenvalue weighted by Crippen LogP contribution is 1.93. The molecule has 0 radical (unpaired) electrons. The first-order chi connectivity index (χ1) is 5.77. The third kappa shape index (κ3) is 10.3. The largest absolute Gasteiger partial charge is 0.422 e. The van der Waals surface area contributed by atoms with Crippen molar-refractivity contribution >= 4 is 19.5 Å². The Labute approximate surface area is 79.3 Å². The molecule has 1 N–H and O–H groups in total. The average molecular weight is 208 g/mol. The Hall–Kier alpha value is 0.314. The van der Waals surface area contributed by atoms with E-state index < -0.39 is 0 Å². The molecule has 0 aromatic rings. The van der Waals surface area contributed by atoms with E-state index in [1.807, 2.05) is 0 Å². The predicted molar refractivity (Wildman–Crippen MR) is 56.0 cm³/mol. The van der Waals surface area contributed by atoms with E-state index in [9.17, 15) is 0 Å². The highest BCUT2D eigenvalue weighted by molar-refractivity contribution is 6.34. The molecule has 0 bridgehead atoms. The van der Waals surface area contributed by atoms with Gasteiger partial charge in [0, 0.05) is 6.10 Å². The summed E-state index contributed by atoms with van der Waals surface area (Å²) >= 11 is 0. The van der Waals surface area contributed by atoms with E-state index in [1.54, 1.807) is 0 Å². The lowest BCUT2D eigenvalue weighted by molar-refractivity contribution is 0.206. The highest BCUT2D eigenvalue weighted by atomic mass is 28.2. The summed E-state index contributed by atoms with van der Waals surface area (Å²) < 4.78 is 10.7. The zero-order valence-electron chi connectivity index (χ0n) is 8.08. The van der Waals surface area contributed by atoms with E-state index in [2.05, 4.69) is 13.8 Å². The van der Waals surface area contributed by atoms with Gasteiger partial charge >= 0.3 is 0 Å². The minimum atomic E-state index is -0.350. The molecule has 0 atom stereocenters. The standard InChI is InChI=1S/C7H20O3Si2/c1-7(2)10-12-6-5-11-9-4-3-8/h7-8H,3-6,11-12H2,1-2H3. The minimum absolute atomic E-state index is 0.160. The molecule has 0 saturated carbocycles. The summed E-state index contributed by atoms with van der Waals surface area (Å²) in [5, 5.41) is 8.42. The van der Waals surface area contributed by atoms with Gasteiger partial charge in [0.25, 0.3) is 0 Å². The zero-order chi connectivity index (χ0) is 9.23. The smallest absolute Gasteiger partial charge is 0.161 e. The molecule has 0 saturated heterocycles. The lowest BCUT2D eigenvalue weighted by Crippen LogP contribution is -2.09. The third-order valence-corrected chi connectivity index (χ3v) is 5.43. The van der Waals surface area contributed by atoms with Crippen LogP contribution >= 0.6 is 0 Å². The first-order valence-electron chi connectivity index (χ1n) is 4.57. The Morgan fingerprint density at radius 1 is 1.25 bits per heavy atom. The van der Waals surface area contributed by atoms with Crippen LogP contribution in [-0.2, 0) is 8.85 Å². The molecule has 5 heteroatoms. The second-order valence-corrected chi connectivity index (χ2v) is 5.93. The van der Waals surface area contributed by atoms with Crippen LogP contribution in [0.3, 0.4) is 0 Å². The first kappa shape index (κ1) is 12.3. The van der Waals surface area contributed by atoms with Crippen molar-refractivity contribution in [1.82, 2.24) is 0 Å². The second-order valence-electron chi connectivity index (χ2n) is 2.96. The van der Waals surface area contributed by atoms with Crippen LogP contribution in [0.25, 0.3) is 0 Å². The zero-order valence-corrected chi connectivity index (χ0v) is 10.9. The van der Waals surface area contributed by atoms with Crippen LogP contribution in [0.5, 0.6) is 0 Å². The predicted octanol–water partition coefficient (Wildman–Crippen LogP) is -0.576. The molecule has 0 amide bonds. The molecular formula is C7H20O3Si2. The van der Waals surface area contributed by atoms with Gasteiger partial charge in [-0.05, 0) is 25.9 Å². The van der Waals surface area contributed by atoms with Crippen molar-refractivity contribution < 1.29 is 14.0 Å². The summed E-state index contributed by atoms with van der Waals surface area (Å²) in [6.07, 6.45) is 0.400. The van der Waals surface area contributed by atoms with Crippen molar-refractivity contribution in [3.8, 4) is 0 Å². The number of hydrogen-bond donors (Lipinski definition) is 1. The van der Waals surface area contributed by atoms with Crippen molar-refractivity contribution in [3.05, 3.63) is 0 Å². The van der Waals surface area contributed by atoms with E-state index in [-0.39, 0.29) is 26.1 Å². The number of rotatable bonds is 8. The lowest BCUT2D eigenvalue weighted by Gasteiger charge is -2.06. The maximum absolute atomic E-state index is 8.42. The van der Waals surface area contributed by atoms with Gasteiger partial charge in [-0.15, -0.1) is 0 Å². The van der Waals surface area contributed by atoms with Gasteiger partial charge in [0.1, 0.15) is 0 Å².